The number of hydrogen-bond donors (Lipinski definition) is 0. The number of hydrogen-bond acceptors (Lipinski definition) is 4. The van der Waals surface area contributed by atoms with E-state index in [0.29, 0.717) is 13.1 Å². The number of likely N-dealkylation sites (N-methyl/N-ethyl adjacent to an activating group) is 1. The van der Waals surface area contributed by atoms with Crippen molar-refractivity contribution in [3.63, 3.8) is 0 Å². The van der Waals surface area contributed by atoms with Gasteiger partial charge in [0, 0.05) is 43.5 Å². The third-order valence-corrected chi connectivity index (χ3v) is 6.54. The lowest BCUT2D eigenvalue weighted by Gasteiger charge is -2.38. The van der Waals surface area contributed by atoms with E-state index in [1.54, 1.807) is 22.8 Å². The van der Waals surface area contributed by atoms with E-state index in [9.17, 15) is 8.42 Å². The first-order valence-corrected chi connectivity index (χ1v) is 10.9. The largest absolute Gasteiger partial charge is 0.295 e. The summed E-state index contributed by atoms with van der Waals surface area (Å²) in [4.78, 5) is 6.43. The highest BCUT2D eigenvalue weighted by Gasteiger charge is 2.30. The molecule has 0 bridgehead atoms. The molecule has 1 fully saturated rings. The van der Waals surface area contributed by atoms with E-state index in [1.165, 1.54) is 11.0 Å². The second kappa shape index (κ2) is 9.26. The zero-order valence-corrected chi connectivity index (χ0v) is 16.6. The molecule has 5 nitrogen and oxygen atoms in total. The van der Waals surface area contributed by atoms with Crippen LogP contribution in [0.1, 0.15) is 30.9 Å². The van der Waals surface area contributed by atoms with E-state index in [0.717, 1.165) is 31.5 Å². The molecule has 1 aromatic heterocycles. The first-order chi connectivity index (χ1) is 13.1. The van der Waals surface area contributed by atoms with Crippen molar-refractivity contribution >= 4 is 16.1 Å². The summed E-state index contributed by atoms with van der Waals surface area (Å²) in [6.45, 7) is 4.97. The average molecular weight is 386 g/mol. The molecular formula is C21H27N3O2S. The van der Waals surface area contributed by atoms with Crippen LogP contribution in [0.3, 0.4) is 0 Å². The minimum atomic E-state index is -3.41. The molecule has 0 spiro atoms. The first kappa shape index (κ1) is 19.7. The smallest absolute Gasteiger partial charge is 0.236 e. The number of pyridine rings is 1. The maximum absolute atomic E-state index is 12.8. The summed E-state index contributed by atoms with van der Waals surface area (Å²) in [6.07, 6.45) is 7.18. The summed E-state index contributed by atoms with van der Waals surface area (Å²) < 4.78 is 27.2. The van der Waals surface area contributed by atoms with Crippen LogP contribution in [0.25, 0.3) is 6.08 Å². The summed E-state index contributed by atoms with van der Waals surface area (Å²) in [7, 11) is -3.41. The second-order valence-corrected chi connectivity index (χ2v) is 8.65. The Labute approximate surface area is 162 Å². The van der Waals surface area contributed by atoms with Gasteiger partial charge in [-0.15, -0.1) is 0 Å². The van der Waals surface area contributed by atoms with Crippen LogP contribution in [0.4, 0.5) is 0 Å². The van der Waals surface area contributed by atoms with Crippen molar-refractivity contribution in [1.82, 2.24) is 14.2 Å². The highest BCUT2D eigenvalue weighted by atomic mass is 32.2. The van der Waals surface area contributed by atoms with Gasteiger partial charge in [-0.2, -0.15) is 4.31 Å². The molecular weight excluding hydrogens is 358 g/mol. The van der Waals surface area contributed by atoms with Gasteiger partial charge in [0.05, 0.1) is 0 Å². The number of sulfonamides is 1. The molecule has 0 radical (unpaired) electrons. The molecule has 6 heteroatoms. The van der Waals surface area contributed by atoms with E-state index < -0.39 is 10.0 Å². The number of nitrogens with zero attached hydrogens (tertiary/aromatic N) is 3. The van der Waals surface area contributed by atoms with Crippen LogP contribution in [0.5, 0.6) is 0 Å². The number of rotatable bonds is 7. The average Bonchev–Trinajstić information content (AvgIpc) is 2.72. The Balaban J connectivity index is 1.68. The van der Waals surface area contributed by atoms with Crippen LogP contribution < -0.4 is 0 Å². The lowest BCUT2D eigenvalue weighted by atomic mass is 10.1. The third-order valence-electron chi connectivity index (χ3n) is 5.01. The molecule has 1 atom stereocenters. The first-order valence-electron chi connectivity index (χ1n) is 9.44. The van der Waals surface area contributed by atoms with Crippen LogP contribution in [0, 0.1) is 0 Å². The van der Waals surface area contributed by atoms with Crippen molar-refractivity contribution in [2.75, 3.05) is 19.6 Å². The molecule has 0 amide bonds. The third kappa shape index (κ3) is 5.48. The van der Waals surface area contributed by atoms with Crippen molar-refractivity contribution in [3.05, 3.63) is 71.4 Å². The van der Waals surface area contributed by atoms with Crippen molar-refractivity contribution in [1.29, 1.82) is 0 Å². The van der Waals surface area contributed by atoms with Gasteiger partial charge in [0.2, 0.25) is 10.0 Å². The summed E-state index contributed by atoms with van der Waals surface area (Å²) in [5, 5.41) is 1.34. The normalized spacial score (nSPS) is 19.0. The molecule has 27 heavy (non-hydrogen) atoms. The quantitative estimate of drug-likeness (QED) is 0.733. The Bertz CT molecular complexity index is 838. The summed E-state index contributed by atoms with van der Waals surface area (Å²) in [6, 6.07) is 13.8. The molecule has 1 unspecified atom stereocenters. The fourth-order valence-electron chi connectivity index (χ4n) is 3.49. The minimum Gasteiger partial charge on any atom is -0.295 e. The lowest BCUT2D eigenvalue weighted by Crippen LogP contribution is -2.49. The van der Waals surface area contributed by atoms with Gasteiger partial charge in [0.15, 0.2) is 0 Å². The molecule has 0 N–H and O–H groups in total. The van der Waals surface area contributed by atoms with Gasteiger partial charge in [-0.3, -0.25) is 9.88 Å². The molecule has 3 rings (SSSR count). The summed E-state index contributed by atoms with van der Waals surface area (Å²) >= 11 is 0. The molecule has 1 saturated heterocycles. The predicted molar refractivity (Wildman–Crippen MR) is 109 cm³/mol. The van der Waals surface area contributed by atoms with Crippen molar-refractivity contribution < 1.29 is 8.42 Å². The second-order valence-electron chi connectivity index (χ2n) is 6.83. The van der Waals surface area contributed by atoms with E-state index in [4.69, 9.17) is 0 Å². The van der Waals surface area contributed by atoms with E-state index in [2.05, 4.69) is 16.8 Å². The lowest BCUT2D eigenvalue weighted by molar-refractivity contribution is 0.134. The van der Waals surface area contributed by atoms with E-state index in [1.807, 2.05) is 42.5 Å². The van der Waals surface area contributed by atoms with Crippen LogP contribution in [-0.4, -0.2) is 48.3 Å². The van der Waals surface area contributed by atoms with E-state index >= 15 is 0 Å². The van der Waals surface area contributed by atoms with Crippen molar-refractivity contribution in [2.45, 2.75) is 32.4 Å². The molecule has 0 aliphatic carbocycles. The van der Waals surface area contributed by atoms with Crippen molar-refractivity contribution in [3.8, 4) is 0 Å². The molecule has 0 saturated carbocycles. The summed E-state index contributed by atoms with van der Waals surface area (Å²) in [5.74, 6) is 0. The van der Waals surface area contributed by atoms with Gasteiger partial charge in [0.1, 0.15) is 0 Å². The Morgan fingerprint density at radius 2 is 1.93 bits per heavy atom. The Morgan fingerprint density at radius 3 is 2.63 bits per heavy atom. The van der Waals surface area contributed by atoms with Crippen LogP contribution in [0.15, 0.2) is 60.3 Å². The minimum absolute atomic E-state index is 0.233. The number of piperidine rings is 1. The Kier molecular flexibility index (Phi) is 6.77. The van der Waals surface area contributed by atoms with Crippen LogP contribution >= 0.6 is 0 Å². The molecule has 2 aromatic rings. The van der Waals surface area contributed by atoms with Gasteiger partial charge >= 0.3 is 0 Å². The maximum atomic E-state index is 12.8. The molecule has 144 valence electrons. The number of aromatic nitrogens is 1. The van der Waals surface area contributed by atoms with Gasteiger partial charge in [-0.05, 0) is 48.7 Å². The van der Waals surface area contributed by atoms with Crippen molar-refractivity contribution in [2.24, 2.45) is 0 Å². The Morgan fingerprint density at radius 1 is 1.19 bits per heavy atom. The monoisotopic (exact) mass is 385 g/mol. The topological polar surface area (TPSA) is 53.5 Å². The fourth-order valence-corrected chi connectivity index (χ4v) is 4.75. The highest BCUT2D eigenvalue weighted by Crippen LogP contribution is 2.21. The predicted octanol–water partition coefficient (Wildman–Crippen LogP) is 3.37. The van der Waals surface area contributed by atoms with Crippen LogP contribution in [0.2, 0.25) is 0 Å². The highest BCUT2D eigenvalue weighted by molar-refractivity contribution is 7.92. The summed E-state index contributed by atoms with van der Waals surface area (Å²) in [5.41, 5.74) is 2.10. The van der Waals surface area contributed by atoms with E-state index in [-0.39, 0.29) is 6.04 Å². The fraction of sp³-hybridized carbons (Fsp3) is 0.381. The van der Waals surface area contributed by atoms with Gasteiger partial charge in [-0.1, -0.05) is 37.3 Å². The molecule has 1 aliphatic heterocycles. The molecule has 1 aliphatic rings. The maximum Gasteiger partial charge on any atom is 0.236 e. The van der Waals surface area contributed by atoms with Gasteiger partial charge in [-0.25, -0.2) is 8.42 Å². The number of benzene rings is 1. The molecule has 2 heterocycles. The standard InChI is InChI=1S/C21H27N3O2S/c1-2-23(17-20-10-13-22-14-11-20)21-9-6-15-24(18-21)27(25,26)16-12-19-7-4-3-5-8-19/h3-5,7-8,10-14,16,21H,2,6,9,15,17-18H2,1H3. The van der Waals surface area contributed by atoms with Gasteiger partial charge in [0.25, 0.3) is 0 Å². The molecule has 1 aromatic carbocycles. The van der Waals surface area contributed by atoms with Crippen LogP contribution in [-0.2, 0) is 16.6 Å². The SMILES string of the molecule is CCN(Cc1ccncc1)C1CCCN(S(=O)(=O)C=Cc2ccccc2)C1. The van der Waals surface area contributed by atoms with Gasteiger partial charge < -0.3 is 0 Å². The zero-order chi connectivity index (χ0) is 19.1. The Hall–Kier alpha value is -2.02. The zero-order valence-electron chi connectivity index (χ0n) is 15.7.